The lowest BCUT2D eigenvalue weighted by Gasteiger charge is -2.30. The van der Waals surface area contributed by atoms with E-state index in [4.69, 9.17) is 28.4 Å². The first-order chi connectivity index (χ1) is 61.6. The van der Waals surface area contributed by atoms with Gasteiger partial charge in [0.15, 0.2) is 0 Å². The summed E-state index contributed by atoms with van der Waals surface area (Å²) in [4.78, 5) is 11.4. The van der Waals surface area contributed by atoms with Crippen LogP contribution in [0, 0.1) is 0 Å². The molecule has 684 valence electrons. The molecule has 9 nitrogen and oxygen atoms in total. The molecule has 4 aliphatic carbocycles. The molecule has 0 aromatic heterocycles. The average molecular weight is 1820 g/mol. The molecule has 12 heteroatoms. The number of methoxy groups -OCH3 is 6. The highest BCUT2D eigenvalue weighted by Gasteiger charge is 2.45. The molecule has 127 heavy (non-hydrogen) atoms. The lowest BCUT2D eigenvalue weighted by atomic mass is 9.74. The zero-order valence-corrected chi connectivity index (χ0v) is 82.4. The Hall–Kier alpha value is -8.78. The van der Waals surface area contributed by atoms with Gasteiger partial charge in [0.1, 0.15) is 75.5 Å². The summed E-state index contributed by atoms with van der Waals surface area (Å²) in [5.74, 6) is 8.10. The number of phenolic OH excluding ortho intramolecular Hbond substituents is 2. The molecule has 4 saturated carbocycles. The fourth-order valence-corrected chi connectivity index (χ4v) is 28.3. The van der Waals surface area contributed by atoms with Crippen LogP contribution < -0.4 is 77.2 Å². The van der Waals surface area contributed by atoms with E-state index in [-0.39, 0.29) is 44.7 Å². The summed E-state index contributed by atoms with van der Waals surface area (Å²) in [5.41, 5.74) is 5.31. The van der Waals surface area contributed by atoms with E-state index in [2.05, 4.69) is 259 Å². The number of phenols is 2. The summed E-state index contributed by atoms with van der Waals surface area (Å²) in [7, 11) is 8.58. The van der Waals surface area contributed by atoms with Gasteiger partial charge in [0.2, 0.25) is 0 Å². The molecule has 0 saturated heterocycles. The fourth-order valence-electron chi connectivity index (χ4n) is 19.8. The Kier molecular flexibility index (Phi) is 45.1. The predicted molar refractivity (Wildman–Crippen MR) is 542 cm³/mol. The molecule has 0 spiro atoms. The van der Waals surface area contributed by atoms with Gasteiger partial charge in [-0.1, -0.05) is 339 Å². The van der Waals surface area contributed by atoms with Crippen molar-refractivity contribution in [2.75, 3.05) is 48.8 Å². The Bertz CT molecular complexity index is 4500. The summed E-state index contributed by atoms with van der Waals surface area (Å²) in [6, 6.07) is 90.3. The number of carbonyl (C=O) groups excluding carboxylic acids is 1. The van der Waals surface area contributed by atoms with Gasteiger partial charge in [-0.3, -0.25) is 0 Å². The van der Waals surface area contributed by atoms with Gasteiger partial charge < -0.3 is 60.4 Å². The van der Waals surface area contributed by atoms with E-state index in [1.165, 1.54) is 248 Å². The van der Waals surface area contributed by atoms with Crippen molar-refractivity contribution < 1.29 is 60.4 Å². The number of unbranched alkanes of at least 4 members (excludes halogenated alkanes) is 12. The fraction of sp³-hybridized carbons (Fsp3) is 0.443. The minimum atomic E-state index is -1.71. The number of halogens is 1. The molecule has 10 aromatic carbocycles. The molecule has 14 rings (SSSR count). The van der Waals surface area contributed by atoms with E-state index in [0.29, 0.717) is 5.41 Å². The number of ether oxygens (including phenoxy) is 6. The van der Waals surface area contributed by atoms with Crippen molar-refractivity contribution in [1.29, 1.82) is 0 Å². The predicted octanol–water partition coefficient (Wildman–Crippen LogP) is 25.5. The normalized spacial score (nSPS) is 15.0. The molecule has 0 bridgehead atoms. The summed E-state index contributed by atoms with van der Waals surface area (Å²) in [6.07, 6.45) is 50.7. The molecule has 0 radical (unpaired) electrons. The molecule has 0 aliphatic heterocycles. The Balaban J connectivity index is 0.000000189. The van der Waals surface area contributed by atoms with E-state index in [9.17, 15) is 15.0 Å². The third-order valence-electron chi connectivity index (χ3n) is 27.0. The van der Waals surface area contributed by atoms with Gasteiger partial charge in [-0.25, -0.2) is 0 Å². The molecule has 0 heterocycles. The van der Waals surface area contributed by atoms with Crippen LogP contribution in [0.5, 0.6) is 46.0 Å². The van der Waals surface area contributed by atoms with Gasteiger partial charge in [-0.15, -0.1) is 0 Å². The van der Waals surface area contributed by atoms with Gasteiger partial charge in [-0.2, -0.15) is 0 Å². The van der Waals surface area contributed by atoms with Crippen LogP contribution in [0.2, 0.25) is 0 Å². The van der Waals surface area contributed by atoms with Crippen molar-refractivity contribution >= 4 is 58.1 Å². The minimum Gasteiger partial charge on any atom is -1.00 e. The van der Waals surface area contributed by atoms with Crippen molar-refractivity contribution in [3.63, 3.8) is 0 Å². The van der Waals surface area contributed by atoms with Crippen molar-refractivity contribution in [3.05, 3.63) is 289 Å². The summed E-state index contributed by atoms with van der Waals surface area (Å²) in [5, 5.41) is 28.3. The molecule has 0 atom stereocenters. The molecular weight excluding hydrogens is 1670 g/mol. The van der Waals surface area contributed by atoms with E-state index in [1.54, 1.807) is 42.7 Å². The zero-order valence-electron chi connectivity index (χ0n) is 79.0. The second-order valence-electron chi connectivity index (χ2n) is 35.3. The topological polar surface area (TPSA) is 113 Å². The summed E-state index contributed by atoms with van der Waals surface area (Å²) >= 11 is 0. The summed E-state index contributed by atoms with van der Waals surface area (Å²) < 4.78 is 32.3. The number of allylic oxidation sites excluding steroid dienone is 2. The highest BCUT2D eigenvalue weighted by atomic mass is 79.9. The lowest BCUT2D eigenvalue weighted by Crippen LogP contribution is -3.00. The maximum absolute atomic E-state index is 11.4. The number of hydrogen-bond donors (Lipinski definition) is 2. The number of aldehydes is 1. The maximum atomic E-state index is 11.4. The van der Waals surface area contributed by atoms with E-state index in [0.717, 1.165) is 84.0 Å². The SMILES string of the molecule is CCCCC=CC1(c2cc(OC)cc(OC)c2)CCCC1.CCCCC=P(c1ccccc1)(c1ccccc1)c1ccccc1.CCCCCCC1(c2cc(O)cc(O)c2)CCCC1.CCCCCCC1(c2cc(OC)cc(OC)c2)CCCC1.CCCCC[P+](c1ccccc1)(c1ccccc1)c1ccccc1.COc1cc(OC)cc(C2(C=O)CCCC2)c1.[Br-]. The molecule has 2 N–H and O–H groups in total. The van der Waals surface area contributed by atoms with Crippen LogP contribution in [0.3, 0.4) is 0 Å². The minimum absolute atomic E-state index is 0. The van der Waals surface area contributed by atoms with Crippen LogP contribution >= 0.6 is 14.1 Å². The van der Waals surface area contributed by atoms with Gasteiger partial charge in [0, 0.05) is 29.7 Å². The quantitative estimate of drug-likeness (QED) is 0.0169. The Morgan fingerprint density at radius 3 is 0.945 bits per heavy atom. The third kappa shape index (κ3) is 29.1. The second kappa shape index (κ2) is 55.3. The molecule has 4 aliphatic rings. The van der Waals surface area contributed by atoms with Gasteiger partial charge in [-0.05, 0) is 224 Å². The average Bonchev–Trinajstić information content (AvgIpc) is 1.31. The smallest absolute Gasteiger partial charge is 0.130 e. The monoisotopic (exact) mass is 1820 g/mol. The number of aromatic hydroxyl groups is 2. The first-order valence-corrected chi connectivity index (χ1v) is 51.8. The van der Waals surface area contributed by atoms with Gasteiger partial charge >= 0.3 is 0 Å². The first kappa shape index (κ1) is 104. The number of hydrogen-bond acceptors (Lipinski definition) is 9. The van der Waals surface area contributed by atoms with Crippen LogP contribution in [0.15, 0.2) is 267 Å². The molecule has 4 fully saturated rings. The van der Waals surface area contributed by atoms with Crippen LogP contribution in [0.25, 0.3) is 0 Å². The molecule has 0 unspecified atom stereocenters. The Morgan fingerprint density at radius 1 is 0.323 bits per heavy atom. The Morgan fingerprint density at radius 2 is 0.614 bits per heavy atom. The largest absolute Gasteiger partial charge is 1.00 e. The van der Waals surface area contributed by atoms with Crippen molar-refractivity contribution in [3.8, 4) is 46.0 Å². The van der Waals surface area contributed by atoms with Crippen LogP contribution in [-0.2, 0) is 26.5 Å². The highest BCUT2D eigenvalue weighted by Crippen LogP contribution is 2.57. The molecule has 0 amide bonds. The highest BCUT2D eigenvalue weighted by molar-refractivity contribution is 7.95. The van der Waals surface area contributed by atoms with Crippen LogP contribution in [0.4, 0.5) is 0 Å². The number of benzene rings is 10. The lowest BCUT2D eigenvalue weighted by molar-refractivity contribution is -0.112. The van der Waals surface area contributed by atoms with Crippen molar-refractivity contribution in [1.82, 2.24) is 0 Å². The van der Waals surface area contributed by atoms with Gasteiger partial charge in [0.25, 0.3) is 0 Å². The maximum Gasteiger partial charge on any atom is 0.130 e. The van der Waals surface area contributed by atoms with E-state index < -0.39 is 14.1 Å². The Labute approximate surface area is 778 Å². The van der Waals surface area contributed by atoms with Crippen molar-refractivity contribution in [2.24, 2.45) is 0 Å². The van der Waals surface area contributed by atoms with Crippen LogP contribution in [0.1, 0.15) is 282 Å². The molecular formula is C115H153BrO9P2. The van der Waals surface area contributed by atoms with E-state index in [1.807, 2.05) is 42.5 Å². The number of rotatable bonds is 38. The first-order valence-electron chi connectivity index (χ1n) is 48.0. The molecule has 10 aromatic rings. The zero-order chi connectivity index (χ0) is 89.6. The second-order valence-corrected chi connectivity index (χ2v) is 42.3. The van der Waals surface area contributed by atoms with Crippen molar-refractivity contribution in [2.45, 2.75) is 281 Å². The van der Waals surface area contributed by atoms with Gasteiger partial charge in [0.05, 0.1) is 54.2 Å². The number of carbonyl (C=O) groups is 1. The summed E-state index contributed by atoms with van der Waals surface area (Å²) in [6.45, 7) is 9.60. The van der Waals surface area contributed by atoms with E-state index >= 15 is 0 Å². The van der Waals surface area contributed by atoms with Crippen LogP contribution in [-0.4, -0.2) is 71.1 Å². The standard InChI is InChI=1S/C23H26P.C23H25P.C19H30O2.C19H28O2.C17H26O2.C14H18O3.BrH/c2*1-2-3-13-20-24(21-14-7-4-8-15-21,22-16-9-5-10-17-22)23-18-11-6-12-19-23;2*1-4-5-6-7-10-19(11-8-9-12-19)16-13-17(20-2)15-18(14-16)21-3;1-2-3-4-5-8-17(9-6-7-10-17)14-11-15(18)13-16(19)12-14;1-16-12-7-11(8-13(9-12)17-2)14(10-15)5-3-4-6-14;/h4-12,14-19H,2-3,13,20H2,1H3;4-12,14-20H,2-3,13H2,1H3;13-15H,4-12H2,1-3H3;7,10,13-15H,4-6,8-9,11-12H2,1-3H3;11-13,18-19H,2-10H2,1H3;7-10H,3-6H2,1-2H3;1H/q+1;;;;;;/p-1. The third-order valence-corrected chi connectivity index (χ3v) is 35.7.